The molecule has 22 heavy (non-hydrogen) atoms. The van der Waals surface area contributed by atoms with E-state index in [1.165, 1.54) is 0 Å². The number of amides is 1. The van der Waals surface area contributed by atoms with Crippen LogP contribution in [0.1, 0.15) is 16.8 Å². The van der Waals surface area contributed by atoms with Gasteiger partial charge in [0, 0.05) is 25.0 Å². The zero-order chi connectivity index (χ0) is 16.3. The molecule has 1 amide bonds. The van der Waals surface area contributed by atoms with E-state index in [0.29, 0.717) is 29.6 Å². The maximum atomic E-state index is 12.5. The first-order valence-corrected chi connectivity index (χ1v) is 8.99. The number of nitrogens with zero attached hydrogens (tertiary/aromatic N) is 1. The highest BCUT2D eigenvalue weighted by Crippen LogP contribution is 2.28. The topological polar surface area (TPSA) is 66.5 Å². The van der Waals surface area contributed by atoms with Crippen molar-refractivity contribution >= 4 is 39.1 Å². The fourth-order valence-corrected chi connectivity index (χ4v) is 3.48. The van der Waals surface area contributed by atoms with Crippen molar-refractivity contribution in [3.05, 3.63) is 45.8 Å². The van der Waals surface area contributed by atoms with Crippen LogP contribution in [-0.2, 0) is 10.0 Å². The smallest absolute Gasteiger partial charge is 0.256 e. The molecule has 0 saturated carbocycles. The van der Waals surface area contributed by atoms with Crippen LogP contribution in [0.3, 0.4) is 0 Å². The Morgan fingerprint density at radius 2 is 2.05 bits per heavy atom. The number of sulfonamides is 1. The molecule has 1 fully saturated rings. The summed E-state index contributed by atoms with van der Waals surface area (Å²) in [6.45, 7) is 4.51. The molecule has 1 aromatic carbocycles. The molecule has 2 rings (SSSR count). The van der Waals surface area contributed by atoms with Crippen LogP contribution in [0.5, 0.6) is 0 Å². The number of benzene rings is 1. The predicted octanol–water partition coefficient (Wildman–Crippen LogP) is 2.52. The van der Waals surface area contributed by atoms with Crippen molar-refractivity contribution < 1.29 is 13.2 Å². The zero-order valence-electron chi connectivity index (χ0n) is 11.8. The summed E-state index contributed by atoms with van der Waals surface area (Å²) in [7, 11) is -3.44. The van der Waals surface area contributed by atoms with Crippen molar-refractivity contribution in [3.63, 3.8) is 0 Å². The molecule has 1 aliphatic heterocycles. The summed E-state index contributed by atoms with van der Waals surface area (Å²) in [6.07, 6.45) is 0.716. The largest absolute Gasteiger partial charge is 0.338 e. The van der Waals surface area contributed by atoms with Crippen LogP contribution in [0, 0.1) is 5.92 Å². The Balaban J connectivity index is 2.01. The highest BCUT2D eigenvalue weighted by atomic mass is 35.5. The second-order valence-corrected chi connectivity index (χ2v) is 7.59. The molecule has 120 valence electrons. The lowest BCUT2D eigenvalue weighted by molar-refractivity contribution is 0.0788. The molecule has 5 nitrogen and oxygen atoms in total. The van der Waals surface area contributed by atoms with Gasteiger partial charge >= 0.3 is 0 Å². The molecule has 1 saturated heterocycles. The SMILES string of the molecule is C=CS(=O)(=O)NCC1CCN(C(=O)c2c(Cl)cccc2Cl)C1. The summed E-state index contributed by atoms with van der Waals surface area (Å²) in [5.74, 6) is -0.176. The maximum absolute atomic E-state index is 12.5. The molecule has 8 heteroatoms. The Bertz CT molecular complexity index is 671. The van der Waals surface area contributed by atoms with E-state index in [1.807, 2.05) is 0 Å². The third-order valence-corrected chi connectivity index (χ3v) is 5.18. The molecule has 0 aliphatic carbocycles. The third-order valence-electron chi connectivity index (χ3n) is 3.54. The number of hydrogen-bond donors (Lipinski definition) is 1. The minimum absolute atomic E-state index is 0.0555. The van der Waals surface area contributed by atoms with E-state index >= 15 is 0 Å². The Labute approximate surface area is 139 Å². The Hall–Kier alpha value is -1.08. The number of likely N-dealkylation sites (tertiary alicyclic amines) is 1. The second kappa shape index (κ2) is 7.00. The van der Waals surface area contributed by atoms with Gasteiger partial charge in [-0.3, -0.25) is 4.79 Å². The van der Waals surface area contributed by atoms with Crippen molar-refractivity contribution in [1.82, 2.24) is 9.62 Å². The standard InChI is InChI=1S/C14H16Cl2N2O3S/c1-2-22(20,21)17-8-10-6-7-18(9-10)14(19)13-11(15)4-3-5-12(13)16/h2-5,10,17H,1,6-9H2. The molecule has 1 aromatic rings. The lowest BCUT2D eigenvalue weighted by Gasteiger charge is -2.18. The van der Waals surface area contributed by atoms with Crippen LogP contribution in [0.25, 0.3) is 0 Å². The van der Waals surface area contributed by atoms with E-state index < -0.39 is 10.0 Å². The molecule has 0 aromatic heterocycles. The van der Waals surface area contributed by atoms with Gasteiger partial charge in [0.25, 0.3) is 5.91 Å². The lowest BCUT2D eigenvalue weighted by atomic mass is 10.1. The van der Waals surface area contributed by atoms with Gasteiger partial charge in [-0.15, -0.1) is 0 Å². The van der Waals surface area contributed by atoms with Crippen LogP contribution >= 0.6 is 23.2 Å². The summed E-state index contributed by atoms with van der Waals surface area (Å²) in [4.78, 5) is 14.1. The van der Waals surface area contributed by atoms with E-state index in [9.17, 15) is 13.2 Å². The molecule has 1 heterocycles. The number of nitrogens with one attached hydrogen (secondary N) is 1. The monoisotopic (exact) mass is 362 g/mol. The Morgan fingerprint density at radius 1 is 1.41 bits per heavy atom. The number of rotatable bonds is 5. The molecule has 1 N–H and O–H groups in total. The van der Waals surface area contributed by atoms with Crippen LogP contribution in [0.4, 0.5) is 0 Å². The fourth-order valence-electron chi connectivity index (χ4n) is 2.34. The maximum Gasteiger partial charge on any atom is 0.256 e. The highest BCUT2D eigenvalue weighted by molar-refractivity contribution is 7.92. The van der Waals surface area contributed by atoms with Gasteiger partial charge in [0.15, 0.2) is 0 Å². The Morgan fingerprint density at radius 3 is 2.64 bits per heavy atom. The summed E-state index contributed by atoms with van der Waals surface area (Å²) in [5, 5.41) is 1.50. The van der Waals surface area contributed by atoms with Crippen LogP contribution in [-0.4, -0.2) is 38.9 Å². The summed E-state index contributed by atoms with van der Waals surface area (Å²) in [6, 6.07) is 4.91. The van der Waals surface area contributed by atoms with Crippen molar-refractivity contribution in [2.45, 2.75) is 6.42 Å². The van der Waals surface area contributed by atoms with E-state index in [1.54, 1.807) is 23.1 Å². The normalized spacial score (nSPS) is 18.5. The third kappa shape index (κ3) is 4.01. The Kier molecular flexibility index (Phi) is 5.50. The van der Waals surface area contributed by atoms with Crippen molar-refractivity contribution in [3.8, 4) is 0 Å². The predicted molar refractivity (Wildman–Crippen MR) is 87.6 cm³/mol. The van der Waals surface area contributed by atoms with Crippen LogP contribution in [0.2, 0.25) is 10.0 Å². The summed E-state index contributed by atoms with van der Waals surface area (Å²) in [5.41, 5.74) is 0.290. The van der Waals surface area contributed by atoms with Gasteiger partial charge in [-0.05, 0) is 24.5 Å². The average molecular weight is 363 g/mol. The quantitative estimate of drug-likeness (QED) is 0.874. The molecule has 0 bridgehead atoms. The first-order chi connectivity index (χ1) is 10.3. The fraction of sp³-hybridized carbons (Fsp3) is 0.357. The molecule has 1 atom stereocenters. The van der Waals surface area contributed by atoms with Gasteiger partial charge in [-0.1, -0.05) is 35.8 Å². The highest BCUT2D eigenvalue weighted by Gasteiger charge is 2.29. The van der Waals surface area contributed by atoms with Crippen molar-refractivity contribution in [2.24, 2.45) is 5.92 Å². The van der Waals surface area contributed by atoms with Crippen molar-refractivity contribution in [1.29, 1.82) is 0 Å². The summed E-state index contributed by atoms with van der Waals surface area (Å²) < 4.78 is 25.1. The molecule has 1 unspecified atom stereocenters. The first kappa shape index (κ1) is 17.3. The van der Waals surface area contributed by atoms with Gasteiger partial charge in [0.1, 0.15) is 0 Å². The van der Waals surface area contributed by atoms with E-state index in [0.717, 1.165) is 5.41 Å². The van der Waals surface area contributed by atoms with E-state index in [-0.39, 0.29) is 23.9 Å². The van der Waals surface area contributed by atoms with Gasteiger partial charge in [0.05, 0.1) is 15.6 Å². The minimum Gasteiger partial charge on any atom is -0.338 e. The average Bonchev–Trinajstić information content (AvgIpc) is 2.94. The minimum atomic E-state index is -3.44. The van der Waals surface area contributed by atoms with Crippen molar-refractivity contribution in [2.75, 3.05) is 19.6 Å². The molecular formula is C14H16Cl2N2O3S. The van der Waals surface area contributed by atoms with Gasteiger partial charge in [-0.2, -0.15) is 0 Å². The van der Waals surface area contributed by atoms with Gasteiger partial charge in [-0.25, -0.2) is 13.1 Å². The molecular weight excluding hydrogens is 347 g/mol. The van der Waals surface area contributed by atoms with E-state index in [2.05, 4.69) is 11.3 Å². The number of halogens is 2. The second-order valence-electron chi connectivity index (χ2n) is 5.06. The summed E-state index contributed by atoms with van der Waals surface area (Å²) >= 11 is 12.1. The molecule has 0 spiro atoms. The lowest BCUT2D eigenvalue weighted by Crippen LogP contribution is -2.32. The number of carbonyl (C=O) groups excluding carboxylic acids is 1. The van der Waals surface area contributed by atoms with Crippen LogP contribution in [0.15, 0.2) is 30.2 Å². The van der Waals surface area contributed by atoms with Gasteiger partial charge < -0.3 is 4.90 Å². The number of hydrogen-bond acceptors (Lipinski definition) is 3. The van der Waals surface area contributed by atoms with Gasteiger partial charge in [0.2, 0.25) is 10.0 Å². The van der Waals surface area contributed by atoms with Crippen LogP contribution < -0.4 is 4.72 Å². The molecule has 0 radical (unpaired) electrons. The van der Waals surface area contributed by atoms with E-state index in [4.69, 9.17) is 23.2 Å². The first-order valence-electron chi connectivity index (χ1n) is 6.69. The zero-order valence-corrected chi connectivity index (χ0v) is 14.1. The molecule has 1 aliphatic rings. The number of carbonyl (C=O) groups is 1.